The van der Waals surface area contributed by atoms with Crippen LogP contribution in [0.25, 0.3) is 0 Å². The van der Waals surface area contributed by atoms with Crippen molar-refractivity contribution in [2.45, 2.75) is 45.2 Å². The van der Waals surface area contributed by atoms with Crippen molar-refractivity contribution in [2.75, 3.05) is 12.3 Å². The fourth-order valence-electron chi connectivity index (χ4n) is 2.68. The number of carbonyl (C=O) groups is 2. The molecule has 2 aromatic carbocycles. The number of benzene rings is 2. The van der Waals surface area contributed by atoms with Crippen molar-refractivity contribution in [1.82, 2.24) is 10.2 Å². The third-order valence-corrected chi connectivity index (χ3v) is 6.03. The summed E-state index contributed by atoms with van der Waals surface area (Å²) in [5, 5.41) is 2.95. The summed E-state index contributed by atoms with van der Waals surface area (Å²) in [6.07, 6.45) is 0. The molecular formula is C23H29BrN2O2S. The molecule has 0 radical (unpaired) electrons. The van der Waals surface area contributed by atoms with E-state index in [1.807, 2.05) is 69.3 Å². The van der Waals surface area contributed by atoms with Crippen LogP contribution in [0.1, 0.15) is 31.9 Å². The minimum atomic E-state index is -0.538. The van der Waals surface area contributed by atoms with Crippen molar-refractivity contribution in [3.05, 3.63) is 64.1 Å². The third kappa shape index (κ3) is 7.86. The van der Waals surface area contributed by atoms with E-state index in [2.05, 4.69) is 21.2 Å². The van der Waals surface area contributed by atoms with Crippen molar-refractivity contribution < 1.29 is 9.59 Å². The second-order valence-electron chi connectivity index (χ2n) is 7.56. The van der Waals surface area contributed by atoms with Gasteiger partial charge < -0.3 is 10.2 Å². The molecule has 0 aliphatic carbocycles. The molecule has 1 atom stereocenters. The first-order valence-corrected chi connectivity index (χ1v) is 11.5. The average molecular weight is 477 g/mol. The first-order chi connectivity index (χ1) is 13.8. The zero-order valence-corrected chi connectivity index (χ0v) is 19.8. The van der Waals surface area contributed by atoms with E-state index in [1.165, 1.54) is 17.3 Å². The minimum absolute atomic E-state index is 0.0503. The molecule has 2 amide bonds. The Balaban J connectivity index is 2.10. The van der Waals surface area contributed by atoms with E-state index < -0.39 is 6.04 Å². The van der Waals surface area contributed by atoms with E-state index in [4.69, 9.17) is 0 Å². The van der Waals surface area contributed by atoms with Gasteiger partial charge in [-0.1, -0.05) is 59.6 Å². The Morgan fingerprint density at radius 3 is 2.24 bits per heavy atom. The number of hydrogen-bond acceptors (Lipinski definition) is 3. The number of nitrogens with one attached hydrogen (secondary N) is 1. The predicted molar refractivity (Wildman–Crippen MR) is 124 cm³/mol. The normalized spacial score (nSPS) is 11.9. The fourth-order valence-corrected chi connectivity index (χ4v) is 3.73. The van der Waals surface area contributed by atoms with Crippen LogP contribution in [0.2, 0.25) is 0 Å². The van der Waals surface area contributed by atoms with Gasteiger partial charge in [-0.05, 0) is 49.6 Å². The van der Waals surface area contributed by atoms with Crippen LogP contribution in [-0.2, 0) is 16.1 Å². The molecule has 156 valence electrons. The molecule has 0 saturated heterocycles. The van der Waals surface area contributed by atoms with Gasteiger partial charge in [0.1, 0.15) is 6.04 Å². The molecule has 0 aliphatic heterocycles. The molecule has 1 unspecified atom stereocenters. The Bertz CT molecular complexity index is 807. The maximum atomic E-state index is 13.1. The number of aryl methyl sites for hydroxylation is 1. The highest BCUT2D eigenvalue weighted by Gasteiger charge is 2.26. The second-order valence-corrected chi connectivity index (χ2v) is 9.53. The number of amides is 2. The molecule has 0 aromatic heterocycles. The number of rotatable bonds is 9. The van der Waals surface area contributed by atoms with Gasteiger partial charge in [0.15, 0.2) is 0 Å². The van der Waals surface area contributed by atoms with Crippen LogP contribution in [0.4, 0.5) is 0 Å². The molecule has 0 heterocycles. The number of carbonyl (C=O) groups excluding carboxylic acids is 2. The molecule has 0 saturated carbocycles. The summed E-state index contributed by atoms with van der Waals surface area (Å²) in [5.74, 6) is 0.482. The number of hydrogen-bond donors (Lipinski definition) is 1. The zero-order valence-electron chi connectivity index (χ0n) is 17.4. The molecule has 2 aromatic rings. The summed E-state index contributed by atoms with van der Waals surface area (Å²) >= 11 is 4.93. The highest BCUT2D eigenvalue weighted by Crippen LogP contribution is 2.21. The zero-order chi connectivity index (χ0) is 21.4. The molecule has 1 N–H and O–H groups in total. The lowest BCUT2D eigenvalue weighted by Crippen LogP contribution is -2.48. The summed E-state index contributed by atoms with van der Waals surface area (Å²) in [4.78, 5) is 28.4. The molecule has 0 aliphatic rings. The lowest BCUT2D eigenvalue weighted by atomic mass is 10.1. The van der Waals surface area contributed by atoms with E-state index in [0.29, 0.717) is 24.8 Å². The van der Waals surface area contributed by atoms with Crippen LogP contribution < -0.4 is 5.32 Å². The monoisotopic (exact) mass is 476 g/mol. The van der Waals surface area contributed by atoms with Crippen molar-refractivity contribution >= 4 is 39.5 Å². The quantitative estimate of drug-likeness (QED) is 0.515. The number of thioether (sulfide) groups is 1. The standard InChI is InChI=1S/C23H29BrN2O2S/c1-16(2)13-25-23(28)18(4)26(14-19-7-9-20(24)10-8-19)22(27)15-29-21-11-5-17(3)6-12-21/h5-12,16,18H,13-15H2,1-4H3,(H,25,28). The van der Waals surface area contributed by atoms with Crippen molar-refractivity contribution in [1.29, 1.82) is 0 Å². The highest BCUT2D eigenvalue weighted by molar-refractivity contribution is 9.10. The molecule has 0 spiro atoms. The van der Waals surface area contributed by atoms with Gasteiger partial charge in [-0.25, -0.2) is 0 Å². The largest absolute Gasteiger partial charge is 0.354 e. The Morgan fingerprint density at radius 1 is 1.03 bits per heavy atom. The van der Waals surface area contributed by atoms with E-state index in [9.17, 15) is 9.59 Å². The molecule has 0 bridgehead atoms. The van der Waals surface area contributed by atoms with E-state index in [0.717, 1.165) is 14.9 Å². The lowest BCUT2D eigenvalue weighted by molar-refractivity contribution is -0.138. The van der Waals surface area contributed by atoms with Gasteiger partial charge in [0.2, 0.25) is 11.8 Å². The Labute approximate surface area is 186 Å². The van der Waals surface area contributed by atoms with Gasteiger partial charge in [-0.15, -0.1) is 11.8 Å². The fraction of sp³-hybridized carbons (Fsp3) is 0.391. The second kappa shape index (κ2) is 11.4. The van der Waals surface area contributed by atoms with Crippen molar-refractivity contribution in [3.63, 3.8) is 0 Å². The van der Waals surface area contributed by atoms with Gasteiger partial charge in [-0.2, -0.15) is 0 Å². The Hall–Kier alpha value is -1.79. The first-order valence-electron chi connectivity index (χ1n) is 9.77. The smallest absolute Gasteiger partial charge is 0.242 e. The van der Waals surface area contributed by atoms with Gasteiger partial charge in [0, 0.05) is 22.5 Å². The summed E-state index contributed by atoms with van der Waals surface area (Å²) < 4.78 is 0.983. The number of halogens is 1. The van der Waals surface area contributed by atoms with Gasteiger partial charge in [0.25, 0.3) is 0 Å². The van der Waals surface area contributed by atoms with Crippen LogP contribution in [0, 0.1) is 12.8 Å². The third-order valence-electron chi connectivity index (χ3n) is 4.50. The highest BCUT2D eigenvalue weighted by atomic mass is 79.9. The first kappa shape index (κ1) is 23.5. The van der Waals surface area contributed by atoms with Crippen LogP contribution in [0.5, 0.6) is 0 Å². The molecule has 4 nitrogen and oxygen atoms in total. The number of nitrogens with zero attached hydrogens (tertiary/aromatic N) is 1. The summed E-state index contributed by atoms with van der Waals surface area (Å²) in [6, 6.07) is 15.4. The summed E-state index contributed by atoms with van der Waals surface area (Å²) in [5.41, 5.74) is 2.18. The minimum Gasteiger partial charge on any atom is -0.354 e. The van der Waals surface area contributed by atoms with Gasteiger partial charge >= 0.3 is 0 Å². The molecule has 2 rings (SSSR count). The van der Waals surface area contributed by atoms with E-state index in [-0.39, 0.29) is 11.8 Å². The average Bonchev–Trinajstić information content (AvgIpc) is 2.70. The molecular weight excluding hydrogens is 448 g/mol. The molecule has 29 heavy (non-hydrogen) atoms. The SMILES string of the molecule is Cc1ccc(SCC(=O)N(Cc2ccc(Br)cc2)C(C)C(=O)NCC(C)C)cc1. The van der Waals surface area contributed by atoms with Crippen LogP contribution in [-0.4, -0.2) is 35.1 Å². The van der Waals surface area contributed by atoms with Gasteiger partial charge in [-0.3, -0.25) is 9.59 Å². The molecule has 6 heteroatoms. The lowest BCUT2D eigenvalue weighted by Gasteiger charge is -2.29. The van der Waals surface area contributed by atoms with Crippen LogP contribution in [0.3, 0.4) is 0 Å². The summed E-state index contributed by atoms with van der Waals surface area (Å²) in [6.45, 7) is 8.93. The van der Waals surface area contributed by atoms with Crippen LogP contribution in [0.15, 0.2) is 57.9 Å². The van der Waals surface area contributed by atoms with Crippen molar-refractivity contribution in [3.8, 4) is 0 Å². The Kier molecular flexibility index (Phi) is 9.24. The van der Waals surface area contributed by atoms with E-state index in [1.54, 1.807) is 11.8 Å². The topological polar surface area (TPSA) is 49.4 Å². The van der Waals surface area contributed by atoms with Gasteiger partial charge in [0.05, 0.1) is 5.75 Å². The summed E-state index contributed by atoms with van der Waals surface area (Å²) in [7, 11) is 0. The van der Waals surface area contributed by atoms with Crippen molar-refractivity contribution in [2.24, 2.45) is 5.92 Å². The molecule has 0 fully saturated rings. The Morgan fingerprint density at radius 2 is 1.66 bits per heavy atom. The maximum Gasteiger partial charge on any atom is 0.242 e. The van der Waals surface area contributed by atoms with Crippen LogP contribution >= 0.6 is 27.7 Å². The maximum absolute atomic E-state index is 13.1. The van der Waals surface area contributed by atoms with E-state index >= 15 is 0 Å². The predicted octanol–water partition coefficient (Wildman–Crippen LogP) is 5.04.